The SMILES string of the molecule is Cc1noc(C)c1-c1nc(NC2CC2)c2ncn(-c3ccccc3)c2n1. The summed E-state index contributed by atoms with van der Waals surface area (Å²) in [7, 11) is 0. The van der Waals surface area contributed by atoms with Crippen molar-refractivity contribution in [2.24, 2.45) is 0 Å². The van der Waals surface area contributed by atoms with Gasteiger partial charge in [0.15, 0.2) is 22.8 Å². The Balaban J connectivity index is 1.76. The molecule has 1 aliphatic carbocycles. The van der Waals surface area contributed by atoms with Crippen molar-refractivity contribution in [3.63, 3.8) is 0 Å². The lowest BCUT2D eigenvalue weighted by molar-refractivity contribution is 0.393. The smallest absolute Gasteiger partial charge is 0.170 e. The van der Waals surface area contributed by atoms with E-state index in [2.05, 4.69) is 15.5 Å². The molecule has 0 bridgehead atoms. The monoisotopic (exact) mass is 346 g/mol. The third-order valence-corrected chi connectivity index (χ3v) is 4.61. The Kier molecular flexibility index (Phi) is 3.28. The van der Waals surface area contributed by atoms with Crippen LogP contribution in [0.5, 0.6) is 0 Å². The van der Waals surface area contributed by atoms with E-state index in [0.29, 0.717) is 17.6 Å². The average Bonchev–Trinajstić information content (AvgIpc) is 3.26. The maximum Gasteiger partial charge on any atom is 0.170 e. The van der Waals surface area contributed by atoms with Crippen LogP contribution in [-0.4, -0.2) is 30.7 Å². The molecular weight excluding hydrogens is 328 g/mol. The first-order chi connectivity index (χ1) is 12.7. The molecule has 0 atom stereocenters. The highest BCUT2D eigenvalue weighted by Crippen LogP contribution is 2.32. The Morgan fingerprint density at radius 2 is 1.92 bits per heavy atom. The van der Waals surface area contributed by atoms with Gasteiger partial charge in [0.2, 0.25) is 0 Å². The van der Waals surface area contributed by atoms with Crippen molar-refractivity contribution in [2.75, 3.05) is 5.32 Å². The highest BCUT2D eigenvalue weighted by molar-refractivity contribution is 5.86. The van der Waals surface area contributed by atoms with Crippen LogP contribution < -0.4 is 5.32 Å². The summed E-state index contributed by atoms with van der Waals surface area (Å²) in [5.74, 6) is 2.08. The van der Waals surface area contributed by atoms with E-state index < -0.39 is 0 Å². The number of rotatable bonds is 4. The average molecular weight is 346 g/mol. The summed E-state index contributed by atoms with van der Waals surface area (Å²) in [5.41, 5.74) is 4.17. The first-order valence-electron chi connectivity index (χ1n) is 8.71. The lowest BCUT2D eigenvalue weighted by Gasteiger charge is -2.09. The number of benzene rings is 1. The molecule has 0 aliphatic heterocycles. The molecule has 7 nitrogen and oxygen atoms in total. The Labute approximate surface area is 150 Å². The molecule has 4 aromatic rings. The van der Waals surface area contributed by atoms with E-state index in [9.17, 15) is 0 Å². The number of aromatic nitrogens is 5. The summed E-state index contributed by atoms with van der Waals surface area (Å²) in [6.07, 6.45) is 4.11. The van der Waals surface area contributed by atoms with Crippen molar-refractivity contribution in [1.29, 1.82) is 0 Å². The van der Waals surface area contributed by atoms with Crippen LogP contribution in [0.3, 0.4) is 0 Å². The fourth-order valence-electron chi connectivity index (χ4n) is 3.11. The van der Waals surface area contributed by atoms with Gasteiger partial charge in [-0.3, -0.25) is 4.57 Å². The number of hydrogen-bond acceptors (Lipinski definition) is 6. The summed E-state index contributed by atoms with van der Waals surface area (Å²) in [4.78, 5) is 14.1. The van der Waals surface area contributed by atoms with Gasteiger partial charge in [0.05, 0.1) is 11.3 Å². The Bertz CT molecular complexity index is 1070. The Morgan fingerprint density at radius 3 is 2.62 bits per heavy atom. The highest BCUT2D eigenvalue weighted by Gasteiger charge is 2.25. The van der Waals surface area contributed by atoms with Gasteiger partial charge in [0.1, 0.15) is 12.1 Å². The molecule has 3 heterocycles. The van der Waals surface area contributed by atoms with Gasteiger partial charge in [0, 0.05) is 11.7 Å². The van der Waals surface area contributed by atoms with Gasteiger partial charge in [-0.25, -0.2) is 15.0 Å². The first kappa shape index (κ1) is 15.1. The number of fused-ring (bicyclic) bond motifs is 1. The third kappa shape index (κ3) is 2.44. The zero-order valence-electron chi connectivity index (χ0n) is 14.6. The molecule has 5 rings (SSSR count). The Hall–Kier alpha value is -3.22. The molecule has 1 aliphatic rings. The summed E-state index contributed by atoms with van der Waals surface area (Å²) in [6.45, 7) is 3.78. The minimum atomic E-state index is 0.465. The molecule has 0 radical (unpaired) electrons. The second kappa shape index (κ2) is 5.66. The lowest BCUT2D eigenvalue weighted by Crippen LogP contribution is -2.07. The topological polar surface area (TPSA) is 81.7 Å². The largest absolute Gasteiger partial charge is 0.365 e. The van der Waals surface area contributed by atoms with Gasteiger partial charge >= 0.3 is 0 Å². The first-order valence-corrected chi connectivity index (χ1v) is 8.71. The number of hydrogen-bond donors (Lipinski definition) is 1. The quantitative estimate of drug-likeness (QED) is 0.607. The fourth-order valence-corrected chi connectivity index (χ4v) is 3.11. The van der Waals surface area contributed by atoms with Crippen LogP contribution in [0.25, 0.3) is 28.2 Å². The molecule has 1 N–H and O–H groups in total. The van der Waals surface area contributed by atoms with Crippen LogP contribution in [-0.2, 0) is 0 Å². The zero-order valence-corrected chi connectivity index (χ0v) is 14.6. The van der Waals surface area contributed by atoms with E-state index in [1.54, 1.807) is 6.33 Å². The van der Waals surface area contributed by atoms with Gasteiger partial charge in [-0.05, 0) is 38.8 Å². The van der Waals surface area contributed by atoms with E-state index in [1.807, 2.05) is 48.7 Å². The van der Waals surface area contributed by atoms with Gasteiger partial charge in [-0.2, -0.15) is 0 Å². The summed E-state index contributed by atoms with van der Waals surface area (Å²) < 4.78 is 7.30. The highest BCUT2D eigenvalue weighted by atomic mass is 16.5. The van der Waals surface area contributed by atoms with Gasteiger partial charge in [0.25, 0.3) is 0 Å². The molecule has 0 unspecified atom stereocenters. The van der Waals surface area contributed by atoms with Crippen molar-refractivity contribution in [2.45, 2.75) is 32.7 Å². The van der Waals surface area contributed by atoms with Crippen molar-refractivity contribution in [3.8, 4) is 17.1 Å². The van der Waals surface area contributed by atoms with Crippen molar-refractivity contribution < 1.29 is 4.52 Å². The zero-order chi connectivity index (χ0) is 17.7. The summed E-state index contributed by atoms with van der Waals surface area (Å²) in [5, 5.41) is 7.53. The maximum absolute atomic E-state index is 5.32. The number of nitrogens with zero attached hydrogens (tertiary/aromatic N) is 5. The van der Waals surface area contributed by atoms with Crippen LogP contribution >= 0.6 is 0 Å². The molecule has 1 fully saturated rings. The fraction of sp³-hybridized carbons (Fsp3) is 0.263. The standard InChI is InChI=1S/C19H18N6O/c1-11-15(12(2)26-24-11)17-22-18(21-13-8-9-13)16-19(23-17)25(10-20-16)14-6-4-3-5-7-14/h3-7,10,13H,8-9H2,1-2H3,(H,21,22,23). The number of aryl methyl sites for hydroxylation is 2. The summed E-state index contributed by atoms with van der Waals surface area (Å²) in [6, 6.07) is 10.5. The molecule has 0 saturated heterocycles. The lowest BCUT2D eigenvalue weighted by atomic mass is 10.2. The third-order valence-electron chi connectivity index (χ3n) is 4.61. The van der Waals surface area contributed by atoms with Crippen LogP contribution in [0.15, 0.2) is 41.2 Å². The van der Waals surface area contributed by atoms with Crippen LogP contribution in [0.4, 0.5) is 5.82 Å². The molecule has 0 spiro atoms. The van der Waals surface area contributed by atoms with Crippen LogP contribution in [0.2, 0.25) is 0 Å². The molecule has 3 aromatic heterocycles. The molecule has 7 heteroatoms. The number of nitrogens with one attached hydrogen (secondary N) is 1. The van der Waals surface area contributed by atoms with Crippen molar-refractivity contribution >= 4 is 17.0 Å². The maximum atomic E-state index is 5.32. The van der Waals surface area contributed by atoms with Crippen LogP contribution in [0, 0.1) is 13.8 Å². The van der Waals surface area contributed by atoms with E-state index >= 15 is 0 Å². The van der Waals surface area contributed by atoms with Gasteiger partial charge in [-0.1, -0.05) is 23.4 Å². The number of anilines is 1. The van der Waals surface area contributed by atoms with Crippen molar-refractivity contribution in [1.82, 2.24) is 24.7 Å². The van der Waals surface area contributed by atoms with Crippen molar-refractivity contribution in [3.05, 3.63) is 48.1 Å². The van der Waals surface area contributed by atoms with E-state index in [1.165, 1.54) is 0 Å². The van der Waals surface area contributed by atoms with Gasteiger partial charge < -0.3 is 9.84 Å². The molecule has 0 amide bonds. The van der Waals surface area contributed by atoms with E-state index in [0.717, 1.165) is 46.8 Å². The molecule has 130 valence electrons. The number of imidazole rings is 1. The minimum Gasteiger partial charge on any atom is -0.365 e. The minimum absolute atomic E-state index is 0.465. The molecular formula is C19H18N6O. The van der Waals surface area contributed by atoms with Crippen LogP contribution in [0.1, 0.15) is 24.3 Å². The molecule has 26 heavy (non-hydrogen) atoms. The predicted molar refractivity (Wildman–Crippen MR) is 98.3 cm³/mol. The second-order valence-electron chi connectivity index (χ2n) is 6.64. The number of para-hydroxylation sites is 1. The molecule has 1 saturated carbocycles. The van der Waals surface area contributed by atoms with Gasteiger partial charge in [-0.15, -0.1) is 0 Å². The normalized spacial score (nSPS) is 14.1. The Morgan fingerprint density at radius 1 is 1.12 bits per heavy atom. The van der Waals surface area contributed by atoms with E-state index in [4.69, 9.17) is 14.5 Å². The summed E-state index contributed by atoms with van der Waals surface area (Å²) >= 11 is 0. The van der Waals surface area contributed by atoms with E-state index in [-0.39, 0.29) is 0 Å². The predicted octanol–water partition coefficient (Wildman–Crippen LogP) is 3.66. The second-order valence-corrected chi connectivity index (χ2v) is 6.64. The molecule has 1 aromatic carbocycles.